The summed E-state index contributed by atoms with van der Waals surface area (Å²) in [7, 11) is 1.56. The van der Waals surface area contributed by atoms with Gasteiger partial charge in [0.15, 0.2) is 0 Å². The minimum atomic E-state index is -0.0142. The average Bonchev–Trinajstić information content (AvgIpc) is 2.53. The fourth-order valence-corrected chi connectivity index (χ4v) is 1.87. The van der Waals surface area contributed by atoms with Crippen LogP contribution in [-0.4, -0.2) is 25.4 Å². The molecule has 22 heavy (non-hydrogen) atoms. The van der Waals surface area contributed by atoms with Crippen LogP contribution in [-0.2, 0) is 0 Å². The van der Waals surface area contributed by atoms with Gasteiger partial charge >= 0.3 is 0 Å². The molecule has 0 aromatic heterocycles. The second kappa shape index (κ2) is 7.42. The summed E-state index contributed by atoms with van der Waals surface area (Å²) >= 11 is 0. The van der Waals surface area contributed by atoms with E-state index in [1.807, 2.05) is 6.92 Å². The van der Waals surface area contributed by atoms with Crippen molar-refractivity contribution in [1.82, 2.24) is 0 Å². The number of anilines is 1. The van der Waals surface area contributed by atoms with Crippen molar-refractivity contribution in [3.05, 3.63) is 42.0 Å². The summed E-state index contributed by atoms with van der Waals surface area (Å²) < 4.78 is 10.5. The molecule has 0 atom stereocenters. The molecule has 0 fully saturated rings. The average molecular weight is 301 g/mol. The highest BCUT2D eigenvalue weighted by Gasteiger charge is 2.05. The van der Waals surface area contributed by atoms with Crippen LogP contribution in [0.3, 0.4) is 0 Å². The number of aliphatic hydroxyl groups excluding tert-OH is 1. The molecule has 0 amide bonds. The predicted octanol–water partition coefficient (Wildman–Crippen LogP) is 3.37. The van der Waals surface area contributed by atoms with E-state index in [1.54, 1.807) is 43.5 Å². The Bertz CT molecular complexity index is 654. The lowest BCUT2D eigenvalue weighted by molar-refractivity contribution is 0.201. The first-order chi connectivity index (χ1) is 10.6. The molecule has 6 nitrogen and oxygen atoms in total. The number of aryl methyl sites for hydroxylation is 1. The molecule has 0 aliphatic heterocycles. The van der Waals surface area contributed by atoms with Gasteiger partial charge in [-0.1, -0.05) is 0 Å². The van der Waals surface area contributed by atoms with Crippen LogP contribution in [0, 0.1) is 6.92 Å². The smallest absolute Gasteiger partial charge is 0.143 e. The van der Waals surface area contributed by atoms with Gasteiger partial charge < -0.3 is 20.3 Å². The van der Waals surface area contributed by atoms with Crippen LogP contribution in [0.5, 0.6) is 11.5 Å². The van der Waals surface area contributed by atoms with E-state index in [-0.39, 0.29) is 13.2 Å². The Balaban J connectivity index is 2.14. The van der Waals surface area contributed by atoms with Crippen molar-refractivity contribution in [2.75, 3.05) is 26.1 Å². The number of ether oxygens (including phenoxy) is 2. The van der Waals surface area contributed by atoms with E-state index < -0.39 is 0 Å². The van der Waals surface area contributed by atoms with Crippen LogP contribution >= 0.6 is 0 Å². The first kappa shape index (κ1) is 15.8. The monoisotopic (exact) mass is 301 g/mol. The maximum Gasteiger partial charge on any atom is 0.143 e. The minimum Gasteiger partial charge on any atom is -0.495 e. The summed E-state index contributed by atoms with van der Waals surface area (Å²) in [5.74, 6) is 1.26. The van der Waals surface area contributed by atoms with Crippen molar-refractivity contribution in [3.63, 3.8) is 0 Å². The van der Waals surface area contributed by atoms with Crippen molar-refractivity contribution < 1.29 is 14.6 Å². The van der Waals surface area contributed by atoms with E-state index >= 15 is 0 Å². The lowest BCUT2D eigenvalue weighted by Crippen LogP contribution is -2.00. The standard InChI is InChI=1S/C16H19N3O3/c1-11-9-14(17)16(21-2)10-15(11)19-18-12-3-5-13(6-4-12)22-8-7-20/h3-6,9-10,20H,7-8,17H2,1-2H3. The van der Waals surface area contributed by atoms with Crippen molar-refractivity contribution in [3.8, 4) is 11.5 Å². The third-order valence-corrected chi connectivity index (χ3v) is 3.02. The van der Waals surface area contributed by atoms with Crippen LogP contribution in [0.25, 0.3) is 0 Å². The maximum absolute atomic E-state index is 8.70. The summed E-state index contributed by atoms with van der Waals surface area (Å²) in [6, 6.07) is 10.7. The lowest BCUT2D eigenvalue weighted by atomic mass is 10.1. The molecule has 2 aromatic rings. The highest BCUT2D eigenvalue weighted by Crippen LogP contribution is 2.31. The molecule has 0 radical (unpaired) electrons. The molecular weight excluding hydrogens is 282 g/mol. The van der Waals surface area contributed by atoms with E-state index in [0.29, 0.717) is 28.6 Å². The van der Waals surface area contributed by atoms with E-state index in [2.05, 4.69) is 10.2 Å². The second-order valence-corrected chi connectivity index (χ2v) is 4.65. The third-order valence-electron chi connectivity index (χ3n) is 3.02. The zero-order valence-electron chi connectivity index (χ0n) is 12.6. The summed E-state index contributed by atoms with van der Waals surface area (Å²) in [6.45, 7) is 2.17. The maximum atomic E-state index is 8.70. The van der Waals surface area contributed by atoms with Crippen LogP contribution in [0.4, 0.5) is 17.1 Å². The quantitative estimate of drug-likeness (QED) is 0.632. The molecule has 0 bridgehead atoms. The van der Waals surface area contributed by atoms with E-state index in [1.165, 1.54) is 0 Å². The summed E-state index contributed by atoms with van der Waals surface area (Å²) in [6.07, 6.45) is 0. The molecule has 116 valence electrons. The summed E-state index contributed by atoms with van der Waals surface area (Å²) in [4.78, 5) is 0. The molecule has 0 aliphatic rings. The Hall–Kier alpha value is -2.60. The number of methoxy groups -OCH3 is 1. The first-order valence-corrected chi connectivity index (χ1v) is 6.83. The number of hydrogen-bond acceptors (Lipinski definition) is 6. The molecule has 0 saturated heterocycles. The zero-order valence-corrected chi connectivity index (χ0v) is 12.6. The Labute approximate surface area is 129 Å². The highest BCUT2D eigenvalue weighted by molar-refractivity contribution is 5.63. The van der Waals surface area contributed by atoms with E-state index in [4.69, 9.17) is 20.3 Å². The molecule has 6 heteroatoms. The van der Waals surface area contributed by atoms with Gasteiger partial charge in [0.1, 0.15) is 18.1 Å². The van der Waals surface area contributed by atoms with Gasteiger partial charge in [-0.25, -0.2) is 0 Å². The van der Waals surface area contributed by atoms with Crippen molar-refractivity contribution in [2.24, 2.45) is 10.2 Å². The molecule has 0 unspecified atom stereocenters. The molecule has 0 saturated carbocycles. The molecule has 2 rings (SSSR count). The van der Waals surface area contributed by atoms with Crippen molar-refractivity contribution in [2.45, 2.75) is 6.92 Å². The van der Waals surface area contributed by atoms with E-state index in [0.717, 1.165) is 5.56 Å². The number of aliphatic hydroxyl groups is 1. The lowest BCUT2D eigenvalue weighted by Gasteiger charge is -2.07. The van der Waals surface area contributed by atoms with Crippen molar-refractivity contribution >= 4 is 17.1 Å². The Morgan fingerprint density at radius 3 is 2.50 bits per heavy atom. The number of azo groups is 1. The summed E-state index contributed by atoms with van der Waals surface area (Å²) in [5.41, 5.74) is 8.73. The number of nitrogens with two attached hydrogens (primary N) is 1. The number of nitrogens with zero attached hydrogens (tertiary/aromatic N) is 2. The molecule has 0 spiro atoms. The molecule has 0 aliphatic carbocycles. The third kappa shape index (κ3) is 3.95. The Kier molecular flexibility index (Phi) is 5.32. The van der Waals surface area contributed by atoms with E-state index in [9.17, 15) is 0 Å². The van der Waals surface area contributed by atoms with Crippen LogP contribution in [0.1, 0.15) is 5.56 Å². The van der Waals surface area contributed by atoms with Gasteiger partial charge in [0, 0.05) is 6.07 Å². The van der Waals surface area contributed by atoms with Gasteiger partial charge in [-0.15, -0.1) is 0 Å². The first-order valence-electron chi connectivity index (χ1n) is 6.83. The van der Waals surface area contributed by atoms with Crippen molar-refractivity contribution in [1.29, 1.82) is 0 Å². The number of hydrogen-bond donors (Lipinski definition) is 2. The van der Waals surface area contributed by atoms with Gasteiger partial charge in [0.05, 0.1) is 30.8 Å². The van der Waals surface area contributed by atoms with Gasteiger partial charge in [0.2, 0.25) is 0 Å². The molecule has 0 heterocycles. The highest BCUT2D eigenvalue weighted by atomic mass is 16.5. The molecular formula is C16H19N3O3. The Morgan fingerprint density at radius 2 is 1.86 bits per heavy atom. The number of rotatable bonds is 6. The van der Waals surface area contributed by atoms with Gasteiger partial charge in [-0.2, -0.15) is 10.2 Å². The van der Waals surface area contributed by atoms with Crippen LogP contribution < -0.4 is 15.2 Å². The minimum absolute atomic E-state index is 0.0142. The fraction of sp³-hybridized carbons (Fsp3) is 0.250. The predicted molar refractivity (Wildman–Crippen MR) is 85.3 cm³/mol. The van der Waals surface area contributed by atoms with Crippen LogP contribution in [0.15, 0.2) is 46.6 Å². The van der Waals surface area contributed by atoms with Crippen LogP contribution in [0.2, 0.25) is 0 Å². The van der Waals surface area contributed by atoms with Gasteiger partial charge in [0.25, 0.3) is 0 Å². The second-order valence-electron chi connectivity index (χ2n) is 4.65. The Morgan fingerprint density at radius 1 is 1.14 bits per heavy atom. The topological polar surface area (TPSA) is 89.4 Å². The largest absolute Gasteiger partial charge is 0.495 e. The number of nitrogen functional groups attached to an aromatic ring is 1. The van der Waals surface area contributed by atoms with Gasteiger partial charge in [-0.05, 0) is 42.8 Å². The van der Waals surface area contributed by atoms with Gasteiger partial charge in [-0.3, -0.25) is 0 Å². The number of benzene rings is 2. The molecule has 2 aromatic carbocycles. The summed E-state index contributed by atoms with van der Waals surface area (Å²) in [5, 5.41) is 17.1. The zero-order chi connectivity index (χ0) is 15.9. The SMILES string of the molecule is COc1cc(N=Nc2ccc(OCCO)cc2)c(C)cc1N. The molecule has 3 N–H and O–H groups in total. The normalized spacial score (nSPS) is 10.9. The fourth-order valence-electron chi connectivity index (χ4n) is 1.87.